The Morgan fingerprint density at radius 1 is 0.821 bits per heavy atom. The van der Waals surface area contributed by atoms with Crippen molar-refractivity contribution in [3.8, 4) is 0 Å². The average molecular weight is 383 g/mol. The first-order valence-corrected chi connectivity index (χ1v) is 10.5. The molecule has 1 aromatic carbocycles. The van der Waals surface area contributed by atoms with Crippen molar-refractivity contribution < 1.29 is 9.59 Å². The van der Waals surface area contributed by atoms with Crippen molar-refractivity contribution in [2.45, 2.75) is 32.1 Å². The van der Waals surface area contributed by atoms with Crippen molar-refractivity contribution in [3.63, 3.8) is 0 Å². The molecular weight excluding hydrogens is 352 g/mol. The van der Waals surface area contributed by atoms with Crippen molar-refractivity contribution in [2.24, 2.45) is 0 Å². The van der Waals surface area contributed by atoms with Gasteiger partial charge in [0.1, 0.15) is 0 Å². The summed E-state index contributed by atoms with van der Waals surface area (Å²) in [5.74, 6) is 0.420. The second-order valence-corrected chi connectivity index (χ2v) is 7.99. The summed E-state index contributed by atoms with van der Waals surface area (Å²) < 4.78 is 0. The lowest BCUT2D eigenvalue weighted by Gasteiger charge is -2.35. The first-order valence-electron chi connectivity index (χ1n) is 10.5. The number of carbonyl (C=O) groups excluding carboxylic acids is 2. The Bertz CT molecular complexity index is 815. The molecule has 0 unspecified atom stereocenters. The lowest BCUT2D eigenvalue weighted by atomic mass is 10.1. The van der Waals surface area contributed by atoms with E-state index in [-0.39, 0.29) is 11.8 Å². The molecule has 0 aliphatic carbocycles. The second kappa shape index (κ2) is 8.78. The summed E-state index contributed by atoms with van der Waals surface area (Å²) in [5.41, 5.74) is 2.13. The highest BCUT2D eigenvalue weighted by Crippen LogP contribution is 2.19. The number of fused-ring (bicyclic) bond motifs is 1. The Morgan fingerprint density at radius 3 is 2.25 bits per heavy atom. The number of para-hydroxylation sites is 1. The van der Waals surface area contributed by atoms with E-state index < -0.39 is 0 Å². The van der Waals surface area contributed by atoms with Crippen LogP contribution in [0.25, 0.3) is 10.9 Å². The van der Waals surface area contributed by atoms with Crippen LogP contribution in [0.3, 0.4) is 0 Å². The van der Waals surface area contributed by atoms with E-state index in [4.69, 9.17) is 0 Å². The normalized spacial score (nSPS) is 19.0. The minimum Gasteiger partial charge on any atom is -0.361 e. The zero-order valence-corrected chi connectivity index (χ0v) is 16.5. The summed E-state index contributed by atoms with van der Waals surface area (Å²) in [6.07, 6.45) is 7.10. The van der Waals surface area contributed by atoms with Gasteiger partial charge < -0.3 is 14.8 Å². The highest BCUT2D eigenvalue weighted by molar-refractivity contribution is 5.89. The van der Waals surface area contributed by atoms with Gasteiger partial charge in [0.15, 0.2) is 0 Å². The maximum atomic E-state index is 12.7. The maximum Gasteiger partial charge on any atom is 0.236 e. The number of carbonyl (C=O) groups is 2. The number of nitrogens with one attached hydrogen (secondary N) is 1. The minimum absolute atomic E-state index is 0.170. The third-order valence-corrected chi connectivity index (χ3v) is 6.06. The van der Waals surface area contributed by atoms with Crippen molar-refractivity contribution in [2.75, 3.05) is 45.8 Å². The summed E-state index contributed by atoms with van der Waals surface area (Å²) in [4.78, 5) is 34.7. The zero-order valence-electron chi connectivity index (χ0n) is 16.5. The Hall–Kier alpha value is -2.34. The van der Waals surface area contributed by atoms with E-state index in [2.05, 4.69) is 16.0 Å². The lowest BCUT2D eigenvalue weighted by Crippen LogP contribution is -2.52. The molecule has 6 heteroatoms. The van der Waals surface area contributed by atoms with Gasteiger partial charge in [0.05, 0.1) is 13.0 Å². The van der Waals surface area contributed by atoms with Crippen LogP contribution < -0.4 is 0 Å². The fraction of sp³-hybridized carbons (Fsp3) is 0.545. The fourth-order valence-electron chi connectivity index (χ4n) is 4.32. The number of rotatable bonds is 4. The molecule has 2 aliphatic heterocycles. The molecule has 2 fully saturated rings. The predicted molar refractivity (Wildman–Crippen MR) is 110 cm³/mol. The van der Waals surface area contributed by atoms with Gasteiger partial charge in [-0.3, -0.25) is 14.5 Å². The van der Waals surface area contributed by atoms with E-state index >= 15 is 0 Å². The Labute approximate surface area is 166 Å². The van der Waals surface area contributed by atoms with Crippen LogP contribution in [0.1, 0.15) is 31.2 Å². The lowest BCUT2D eigenvalue weighted by molar-refractivity contribution is -0.134. The van der Waals surface area contributed by atoms with Crippen molar-refractivity contribution >= 4 is 22.7 Å². The van der Waals surface area contributed by atoms with Crippen molar-refractivity contribution in [3.05, 3.63) is 36.0 Å². The number of nitrogens with zero attached hydrogens (tertiary/aromatic N) is 3. The van der Waals surface area contributed by atoms with Gasteiger partial charge in [0.25, 0.3) is 0 Å². The van der Waals surface area contributed by atoms with Gasteiger partial charge in [-0.05, 0) is 24.5 Å². The number of benzene rings is 1. The van der Waals surface area contributed by atoms with Crippen LogP contribution in [0.4, 0.5) is 0 Å². The quantitative estimate of drug-likeness (QED) is 0.882. The molecule has 2 saturated heterocycles. The minimum atomic E-state index is 0.170. The number of amides is 2. The van der Waals surface area contributed by atoms with Crippen LogP contribution in [-0.4, -0.2) is 77.3 Å². The van der Waals surface area contributed by atoms with Crippen LogP contribution in [0.5, 0.6) is 0 Å². The number of aromatic nitrogens is 1. The molecule has 4 rings (SSSR count). The highest BCUT2D eigenvalue weighted by atomic mass is 16.2. The molecule has 150 valence electrons. The molecule has 6 nitrogen and oxygen atoms in total. The fourth-order valence-corrected chi connectivity index (χ4v) is 4.32. The molecule has 2 aromatic rings. The third kappa shape index (κ3) is 4.38. The largest absolute Gasteiger partial charge is 0.361 e. The first kappa shape index (κ1) is 19.0. The van der Waals surface area contributed by atoms with Crippen LogP contribution in [0.2, 0.25) is 0 Å². The average Bonchev–Trinajstić information content (AvgIpc) is 2.93. The molecule has 2 amide bonds. The first-order chi connectivity index (χ1) is 13.7. The summed E-state index contributed by atoms with van der Waals surface area (Å²) in [6.45, 7) is 5.26. The zero-order chi connectivity index (χ0) is 19.3. The number of likely N-dealkylation sites (tertiary alicyclic amines) is 1. The van der Waals surface area contributed by atoms with Crippen LogP contribution in [-0.2, 0) is 16.0 Å². The van der Waals surface area contributed by atoms with E-state index in [9.17, 15) is 9.59 Å². The van der Waals surface area contributed by atoms with Gasteiger partial charge in [0, 0.05) is 56.4 Å². The molecule has 0 bridgehead atoms. The highest BCUT2D eigenvalue weighted by Gasteiger charge is 2.25. The third-order valence-electron chi connectivity index (χ3n) is 6.06. The van der Waals surface area contributed by atoms with Gasteiger partial charge in [-0.15, -0.1) is 0 Å². The topological polar surface area (TPSA) is 59.7 Å². The van der Waals surface area contributed by atoms with E-state index in [1.54, 1.807) is 0 Å². The number of aromatic amines is 1. The molecule has 1 N–H and O–H groups in total. The molecule has 0 spiro atoms. The van der Waals surface area contributed by atoms with E-state index in [0.717, 1.165) is 55.5 Å². The molecule has 28 heavy (non-hydrogen) atoms. The smallest absolute Gasteiger partial charge is 0.236 e. The molecule has 0 radical (unpaired) electrons. The number of hydrogen-bond donors (Lipinski definition) is 1. The van der Waals surface area contributed by atoms with Crippen LogP contribution >= 0.6 is 0 Å². The summed E-state index contributed by atoms with van der Waals surface area (Å²) in [6, 6.07) is 8.09. The molecule has 0 atom stereocenters. The maximum absolute atomic E-state index is 12.7. The predicted octanol–water partition coefficient (Wildman–Crippen LogP) is 2.26. The van der Waals surface area contributed by atoms with Crippen molar-refractivity contribution in [1.29, 1.82) is 0 Å². The van der Waals surface area contributed by atoms with Crippen LogP contribution in [0, 0.1) is 0 Å². The monoisotopic (exact) mass is 382 g/mol. The number of H-pyrrole nitrogens is 1. The van der Waals surface area contributed by atoms with E-state index in [1.165, 1.54) is 12.8 Å². The Balaban J connectivity index is 1.26. The van der Waals surface area contributed by atoms with Gasteiger partial charge in [0.2, 0.25) is 11.8 Å². The Morgan fingerprint density at radius 2 is 1.50 bits per heavy atom. The van der Waals surface area contributed by atoms with Crippen LogP contribution in [0.15, 0.2) is 30.5 Å². The summed E-state index contributed by atoms with van der Waals surface area (Å²) in [5, 5.41) is 1.12. The molecule has 1 aromatic heterocycles. The van der Waals surface area contributed by atoms with Gasteiger partial charge >= 0.3 is 0 Å². The van der Waals surface area contributed by atoms with E-state index in [0.29, 0.717) is 26.1 Å². The molecule has 3 heterocycles. The van der Waals surface area contributed by atoms with Crippen molar-refractivity contribution in [1.82, 2.24) is 19.7 Å². The van der Waals surface area contributed by atoms with E-state index in [1.807, 2.05) is 34.2 Å². The van der Waals surface area contributed by atoms with Gasteiger partial charge in [-0.1, -0.05) is 31.0 Å². The molecular formula is C22H30N4O2. The summed E-state index contributed by atoms with van der Waals surface area (Å²) in [7, 11) is 0. The second-order valence-electron chi connectivity index (χ2n) is 7.99. The molecule has 2 aliphatic rings. The Kier molecular flexibility index (Phi) is 5.95. The molecule has 0 saturated carbocycles. The number of piperazine rings is 1. The van der Waals surface area contributed by atoms with Gasteiger partial charge in [-0.25, -0.2) is 0 Å². The standard InChI is InChI=1S/C22H30N4O2/c27-21(15-18-16-23-20-8-4-3-7-19(18)20)26-13-11-24(12-14-26)17-22(28)25-9-5-1-2-6-10-25/h3-4,7-8,16,23H,1-2,5-6,9-15,17H2. The number of hydrogen-bond acceptors (Lipinski definition) is 3. The summed E-state index contributed by atoms with van der Waals surface area (Å²) >= 11 is 0. The van der Waals surface area contributed by atoms with Gasteiger partial charge in [-0.2, -0.15) is 0 Å². The SMILES string of the molecule is O=C(Cc1c[nH]c2ccccc12)N1CCN(CC(=O)N2CCCCCC2)CC1.